The summed E-state index contributed by atoms with van der Waals surface area (Å²) in [6.07, 6.45) is 3.30. The van der Waals surface area contributed by atoms with Crippen molar-refractivity contribution < 1.29 is 15.0 Å². The fraction of sp³-hybridized carbons (Fsp3) is 0.286. The maximum Gasteiger partial charge on any atom is 0.339 e. The molecule has 0 unspecified atom stereocenters. The standard InChI is InChI=1S/C14H14N2O3/c1-8-2-5-12(17)11(6-8)16-13(9-3-4-9)10(7-15-16)14(18)19/h2,5-7,9,17H,3-4H2,1H3,(H,18,19). The Morgan fingerprint density at radius 3 is 2.79 bits per heavy atom. The van der Waals surface area contributed by atoms with Gasteiger partial charge in [-0.25, -0.2) is 9.48 Å². The van der Waals surface area contributed by atoms with Crippen LogP contribution in [0, 0.1) is 6.92 Å². The van der Waals surface area contributed by atoms with Gasteiger partial charge < -0.3 is 10.2 Å². The van der Waals surface area contributed by atoms with E-state index in [1.165, 1.54) is 6.20 Å². The highest BCUT2D eigenvalue weighted by molar-refractivity contribution is 5.89. The molecule has 0 spiro atoms. The monoisotopic (exact) mass is 258 g/mol. The number of aryl methyl sites for hydroxylation is 1. The molecule has 1 aromatic carbocycles. The molecule has 0 bridgehead atoms. The predicted octanol–water partition coefficient (Wildman–Crippen LogP) is 2.46. The van der Waals surface area contributed by atoms with Gasteiger partial charge in [0.15, 0.2) is 0 Å². The molecule has 2 N–H and O–H groups in total. The summed E-state index contributed by atoms with van der Waals surface area (Å²) in [5.74, 6) is -0.638. The lowest BCUT2D eigenvalue weighted by atomic mass is 10.1. The Hall–Kier alpha value is -2.30. The minimum absolute atomic E-state index is 0.104. The fourth-order valence-electron chi connectivity index (χ4n) is 2.27. The number of benzene rings is 1. The van der Waals surface area contributed by atoms with Crippen LogP contribution in [-0.4, -0.2) is 26.0 Å². The number of aromatic nitrogens is 2. The number of hydrogen-bond donors (Lipinski definition) is 2. The van der Waals surface area contributed by atoms with E-state index < -0.39 is 5.97 Å². The molecule has 0 radical (unpaired) electrons. The normalized spacial score (nSPS) is 14.6. The summed E-state index contributed by atoms with van der Waals surface area (Å²) < 4.78 is 1.56. The summed E-state index contributed by atoms with van der Waals surface area (Å²) in [4.78, 5) is 11.2. The van der Waals surface area contributed by atoms with E-state index in [2.05, 4.69) is 5.10 Å². The molecular formula is C14H14N2O3. The van der Waals surface area contributed by atoms with Crippen LogP contribution in [0.25, 0.3) is 5.69 Å². The molecule has 1 heterocycles. The van der Waals surface area contributed by atoms with Gasteiger partial charge in [-0.2, -0.15) is 5.10 Å². The van der Waals surface area contributed by atoms with E-state index in [9.17, 15) is 15.0 Å². The van der Waals surface area contributed by atoms with E-state index in [0.717, 1.165) is 18.4 Å². The average Bonchev–Trinajstić information content (AvgIpc) is 3.11. The van der Waals surface area contributed by atoms with E-state index in [1.54, 1.807) is 22.9 Å². The topological polar surface area (TPSA) is 75.3 Å². The summed E-state index contributed by atoms with van der Waals surface area (Å²) >= 11 is 0. The molecule has 3 rings (SSSR count). The smallest absolute Gasteiger partial charge is 0.339 e. The SMILES string of the molecule is Cc1ccc(O)c(-n2ncc(C(=O)O)c2C2CC2)c1. The van der Waals surface area contributed by atoms with Crippen LogP contribution >= 0.6 is 0 Å². The Morgan fingerprint density at radius 1 is 1.42 bits per heavy atom. The van der Waals surface area contributed by atoms with Gasteiger partial charge in [0.05, 0.1) is 11.9 Å². The molecule has 5 nitrogen and oxygen atoms in total. The van der Waals surface area contributed by atoms with E-state index in [0.29, 0.717) is 11.4 Å². The Balaban J connectivity index is 2.20. The number of phenols is 1. The molecule has 1 aromatic heterocycles. The van der Waals surface area contributed by atoms with Crippen LogP contribution in [0.15, 0.2) is 24.4 Å². The third kappa shape index (κ3) is 1.97. The zero-order chi connectivity index (χ0) is 13.6. The molecule has 1 saturated carbocycles. The first-order valence-electron chi connectivity index (χ1n) is 6.19. The Kier molecular flexibility index (Phi) is 2.55. The molecule has 5 heteroatoms. The lowest BCUT2D eigenvalue weighted by molar-refractivity contribution is 0.0695. The first kappa shape index (κ1) is 11.8. The number of nitrogens with zero attached hydrogens (tertiary/aromatic N) is 2. The van der Waals surface area contributed by atoms with Crippen molar-refractivity contribution in [3.63, 3.8) is 0 Å². The highest BCUT2D eigenvalue weighted by atomic mass is 16.4. The van der Waals surface area contributed by atoms with Gasteiger partial charge in [-0.15, -0.1) is 0 Å². The molecule has 0 saturated heterocycles. The molecule has 2 aromatic rings. The van der Waals surface area contributed by atoms with E-state index in [1.807, 2.05) is 6.92 Å². The van der Waals surface area contributed by atoms with Crippen LogP contribution in [0.5, 0.6) is 5.75 Å². The third-order valence-corrected chi connectivity index (χ3v) is 3.36. The second kappa shape index (κ2) is 4.12. The summed E-state index contributed by atoms with van der Waals surface area (Å²) in [5, 5.41) is 23.3. The van der Waals surface area contributed by atoms with Gasteiger partial charge in [-0.05, 0) is 37.5 Å². The predicted molar refractivity (Wildman–Crippen MR) is 68.9 cm³/mol. The van der Waals surface area contributed by atoms with Gasteiger partial charge in [0, 0.05) is 5.92 Å². The van der Waals surface area contributed by atoms with E-state index in [4.69, 9.17) is 0 Å². The van der Waals surface area contributed by atoms with Crippen LogP contribution < -0.4 is 0 Å². The summed E-state index contributed by atoms with van der Waals surface area (Å²) in [6, 6.07) is 5.21. The lowest BCUT2D eigenvalue weighted by Gasteiger charge is -2.10. The van der Waals surface area contributed by atoms with Crippen molar-refractivity contribution in [2.45, 2.75) is 25.7 Å². The van der Waals surface area contributed by atoms with E-state index >= 15 is 0 Å². The molecule has 98 valence electrons. The van der Waals surface area contributed by atoms with Gasteiger partial charge in [-0.1, -0.05) is 6.07 Å². The minimum Gasteiger partial charge on any atom is -0.506 e. The molecule has 19 heavy (non-hydrogen) atoms. The van der Waals surface area contributed by atoms with Crippen LogP contribution in [0.4, 0.5) is 0 Å². The zero-order valence-electron chi connectivity index (χ0n) is 10.5. The van der Waals surface area contributed by atoms with Crippen molar-refractivity contribution in [3.8, 4) is 11.4 Å². The molecule has 0 amide bonds. The van der Waals surface area contributed by atoms with Crippen molar-refractivity contribution in [3.05, 3.63) is 41.2 Å². The van der Waals surface area contributed by atoms with Crippen LogP contribution in [0.2, 0.25) is 0 Å². The first-order valence-corrected chi connectivity index (χ1v) is 6.19. The largest absolute Gasteiger partial charge is 0.506 e. The van der Waals surface area contributed by atoms with E-state index in [-0.39, 0.29) is 17.2 Å². The third-order valence-electron chi connectivity index (χ3n) is 3.36. The maximum absolute atomic E-state index is 11.2. The van der Waals surface area contributed by atoms with Gasteiger partial charge in [0.25, 0.3) is 0 Å². The molecule has 0 aliphatic heterocycles. The first-order chi connectivity index (χ1) is 9.08. The molecule has 1 fully saturated rings. The molecule has 0 atom stereocenters. The number of aromatic carboxylic acids is 1. The Labute approximate surface area is 110 Å². The van der Waals surface area contributed by atoms with Crippen LogP contribution in [-0.2, 0) is 0 Å². The van der Waals surface area contributed by atoms with Crippen LogP contribution in [0.1, 0.15) is 40.4 Å². The van der Waals surface area contributed by atoms with Gasteiger partial charge in [0.2, 0.25) is 0 Å². The number of carbonyl (C=O) groups is 1. The second-order valence-electron chi connectivity index (χ2n) is 4.93. The summed E-state index contributed by atoms with van der Waals surface area (Å²) in [7, 11) is 0. The van der Waals surface area contributed by atoms with Crippen LogP contribution in [0.3, 0.4) is 0 Å². The fourth-order valence-corrected chi connectivity index (χ4v) is 2.27. The minimum atomic E-state index is -0.972. The lowest BCUT2D eigenvalue weighted by Crippen LogP contribution is -2.06. The molecular weight excluding hydrogens is 244 g/mol. The van der Waals surface area contributed by atoms with Gasteiger partial charge in [-0.3, -0.25) is 0 Å². The second-order valence-corrected chi connectivity index (χ2v) is 4.93. The van der Waals surface area contributed by atoms with Gasteiger partial charge >= 0.3 is 5.97 Å². The Bertz CT molecular complexity index is 657. The Morgan fingerprint density at radius 2 is 2.16 bits per heavy atom. The number of carboxylic acid groups (broad SMARTS) is 1. The maximum atomic E-state index is 11.2. The van der Waals surface area contributed by atoms with Crippen molar-refractivity contribution in [1.29, 1.82) is 0 Å². The highest BCUT2D eigenvalue weighted by Crippen LogP contribution is 2.43. The quantitative estimate of drug-likeness (QED) is 0.886. The number of rotatable bonds is 3. The average molecular weight is 258 g/mol. The summed E-state index contributed by atoms with van der Waals surface area (Å²) in [5.41, 5.74) is 2.44. The van der Waals surface area contributed by atoms with Crippen molar-refractivity contribution in [2.24, 2.45) is 0 Å². The number of aromatic hydroxyl groups is 1. The summed E-state index contributed by atoms with van der Waals surface area (Å²) in [6.45, 7) is 1.92. The molecule has 1 aliphatic rings. The highest BCUT2D eigenvalue weighted by Gasteiger charge is 2.33. The zero-order valence-corrected chi connectivity index (χ0v) is 10.5. The van der Waals surface area contributed by atoms with Crippen molar-refractivity contribution in [2.75, 3.05) is 0 Å². The van der Waals surface area contributed by atoms with Gasteiger partial charge in [0.1, 0.15) is 17.0 Å². The molecule has 1 aliphatic carbocycles. The van der Waals surface area contributed by atoms with Crippen molar-refractivity contribution in [1.82, 2.24) is 9.78 Å². The number of carboxylic acids is 1. The number of phenolic OH excluding ortho intramolecular Hbond substituents is 1. The van der Waals surface area contributed by atoms with Crippen molar-refractivity contribution >= 4 is 5.97 Å². The number of hydrogen-bond acceptors (Lipinski definition) is 3.